The van der Waals surface area contributed by atoms with Gasteiger partial charge in [0, 0.05) is 24.7 Å². The molecule has 6 heteroatoms. The van der Waals surface area contributed by atoms with Crippen molar-refractivity contribution in [3.05, 3.63) is 70.7 Å². The largest absolute Gasteiger partial charge is 0.390 e. The molecule has 2 aromatic rings. The van der Waals surface area contributed by atoms with Crippen LogP contribution in [0.3, 0.4) is 0 Å². The van der Waals surface area contributed by atoms with E-state index in [1.54, 1.807) is 17.0 Å². The number of likely N-dealkylation sites (N-methyl/N-ethyl adjacent to an activating group) is 1. The molecule has 1 aliphatic rings. The number of aliphatic hydroxyl groups excluding tert-OH is 1. The van der Waals surface area contributed by atoms with Gasteiger partial charge in [-0.3, -0.25) is 4.79 Å². The Balaban J connectivity index is 1.57. The quantitative estimate of drug-likeness (QED) is 0.727. The molecular weight excluding hydrogens is 388 g/mol. The topological polar surface area (TPSA) is 64.0 Å². The third-order valence-corrected chi connectivity index (χ3v) is 5.80. The highest BCUT2D eigenvalue weighted by Crippen LogP contribution is 2.24. The molecular formula is C23H29ClN2O3. The lowest BCUT2D eigenvalue weighted by molar-refractivity contribution is -0.154. The average molecular weight is 417 g/mol. The molecule has 1 heterocycles. The lowest BCUT2D eigenvalue weighted by Crippen LogP contribution is -2.62. The zero-order chi connectivity index (χ0) is 20.9. The molecule has 29 heavy (non-hydrogen) atoms. The van der Waals surface area contributed by atoms with Crippen molar-refractivity contribution < 1.29 is 15.0 Å². The minimum atomic E-state index is -1.33. The number of carbonyl (C=O) groups excluding carboxylic acids is 1. The van der Waals surface area contributed by atoms with Crippen LogP contribution in [0, 0.1) is 0 Å². The Bertz CT molecular complexity index is 800. The van der Waals surface area contributed by atoms with Gasteiger partial charge in [-0.15, -0.1) is 0 Å². The fourth-order valence-electron chi connectivity index (χ4n) is 3.83. The molecule has 0 radical (unpaired) electrons. The number of nitrogens with zero attached hydrogens (tertiary/aromatic N) is 2. The van der Waals surface area contributed by atoms with E-state index in [4.69, 9.17) is 11.6 Å². The summed E-state index contributed by atoms with van der Waals surface area (Å²) in [5.41, 5.74) is 0.781. The molecule has 1 saturated heterocycles. The number of piperidine rings is 1. The maximum absolute atomic E-state index is 12.7. The monoisotopic (exact) mass is 416 g/mol. The maximum Gasteiger partial charge on any atom is 0.227 e. The van der Waals surface area contributed by atoms with Gasteiger partial charge >= 0.3 is 0 Å². The van der Waals surface area contributed by atoms with Crippen molar-refractivity contribution in [3.63, 3.8) is 0 Å². The smallest absolute Gasteiger partial charge is 0.227 e. The summed E-state index contributed by atoms with van der Waals surface area (Å²) in [5.74, 6) is -0.0513. The average Bonchev–Trinajstić information content (AvgIpc) is 2.71. The van der Waals surface area contributed by atoms with E-state index < -0.39 is 11.7 Å². The zero-order valence-corrected chi connectivity index (χ0v) is 17.6. The molecule has 2 N–H and O–H groups in total. The summed E-state index contributed by atoms with van der Waals surface area (Å²) in [7, 11) is 1.93. The maximum atomic E-state index is 12.7. The van der Waals surface area contributed by atoms with Crippen LogP contribution in [-0.2, 0) is 17.6 Å². The molecule has 0 bridgehead atoms. The standard InChI is InChI=1S/C23H29ClN2O3/c1-25(13-11-18-5-3-2-4-6-18)16-23(29)17-26(14-12-21(23)27)22(28)15-19-7-9-20(24)10-8-19/h2-10,21,27,29H,11-17H2,1H3/t21-,23+/m0/s1. The Kier molecular flexibility index (Phi) is 7.30. The second-order valence-electron chi connectivity index (χ2n) is 8.00. The molecule has 0 aromatic heterocycles. The van der Waals surface area contributed by atoms with Crippen molar-refractivity contribution in [1.82, 2.24) is 9.80 Å². The highest BCUT2D eigenvalue weighted by atomic mass is 35.5. The van der Waals surface area contributed by atoms with Crippen LogP contribution in [0.2, 0.25) is 5.02 Å². The van der Waals surface area contributed by atoms with E-state index in [1.807, 2.05) is 42.3 Å². The first kappa shape index (κ1) is 21.8. The van der Waals surface area contributed by atoms with Crippen LogP contribution in [0.1, 0.15) is 17.5 Å². The normalized spacial score (nSPS) is 22.1. The second kappa shape index (κ2) is 9.72. The summed E-state index contributed by atoms with van der Waals surface area (Å²) in [4.78, 5) is 16.4. The van der Waals surface area contributed by atoms with Gasteiger partial charge in [0.25, 0.3) is 0 Å². The second-order valence-corrected chi connectivity index (χ2v) is 8.44. The number of halogens is 1. The van der Waals surface area contributed by atoms with Gasteiger partial charge in [0.2, 0.25) is 5.91 Å². The van der Waals surface area contributed by atoms with Crippen molar-refractivity contribution in [1.29, 1.82) is 0 Å². The molecule has 0 aliphatic carbocycles. The van der Waals surface area contributed by atoms with Gasteiger partial charge < -0.3 is 20.0 Å². The van der Waals surface area contributed by atoms with Crippen molar-refractivity contribution >= 4 is 17.5 Å². The Hall–Kier alpha value is -1.92. The molecule has 2 atom stereocenters. The van der Waals surface area contributed by atoms with Crippen LogP contribution >= 0.6 is 11.6 Å². The number of rotatable bonds is 7. The number of carbonyl (C=O) groups is 1. The third kappa shape index (κ3) is 6.03. The molecule has 5 nitrogen and oxygen atoms in total. The van der Waals surface area contributed by atoms with E-state index in [2.05, 4.69) is 12.1 Å². The summed E-state index contributed by atoms with van der Waals surface area (Å²) in [6.07, 6.45) is 0.645. The summed E-state index contributed by atoms with van der Waals surface area (Å²) in [6.45, 7) is 1.66. The summed E-state index contributed by atoms with van der Waals surface area (Å²) < 4.78 is 0. The van der Waals surface area contributed by atoms with Gasteiger partial charge in [0.15, 0.2) is 0 Å². The van der Waals surface area contributed by atoms with E-state index in [0.717, 1.165) is 18.5 Å². The number of likely N-dealkylation sites (tertiary alicyclic amines) is 1. The molecule has 2 aromatic carbocycles. The zero-order valence-electron chi connectivity index (χ0n) is 16.8. The first-order chi connectivity index (χ1) is 13.9. The van der Waals surface area contributed by atoms with E-state index in [0.29, 0.717) is 24.5 Å². The Labute approximate surface area is 177 Å². The van der Waals surface area contributed by atoms with Crippen LogP contribution in [-0.4, -0.2) is 70.9 Å². The molecule has 0 spiro atoms. The molecule has 0 unspecified atom stereocenters. The van der Waals surface area contributed by atoms with E-state index in [9.17, 15) is 15.0 Å². The third-order valence-electron chi connectivity index (χ3n) is 5.55. The number of aliphatic hydroxyl groups is 2. The van der Waals surface area contributed by atoms with Crippen LogP contribution in [0.4, 0.5) is 0 Å². The Morgan fingerprint density at radius 3 is 2.55 bits per heavy atom. The Morgan fingerprint density at radius 1 is 1.17 bits per heavy atom. The number of amides is 1. The molecule has 0 saturated carbocycles. The van der Waals surface area contributed by atoms with Crippen LogP contribution < -0.4 is 0 Å². The molecule has 3 rings (SSSR count). The lowest BCUT2D eigenvalue weighted by Gasteiger charge is -2.44. The number of hydrogen-bond donors (Lipinski definition) is 2. The number of hydrogen-bond acceptors (Lipinski definition) is 4. The van der Waals surface area contributed by atoms with E-state index >= 15 is 0 Å². The first-order valence-electron chi connectivity index (χ1n) is 10.0. The minimum Gasteiger partial charge on any atom is -0.390 e. The number of benzene rings is 2. The highest BCUT2D eigenvalue weighted by molar-refractivity contribution is 6.30. The lowest BCUT2D eigenvalue weighted by atomic mass is 9.88. The Morgan fingerprint density at radius 2 is 1.86 bits per heavy atom. The molecule has 1 amide bonds. The molecule has 156 valence electrons. The van der Waals surface area contributed by atoms with Gasteiger partial charge in [0.05, 0.1) is 19.1 Å². The minimum absolute atomic E-state index is 0.0513. The summed E-state index contributed by atoms with van der Waals surface area (Å²) in [5, 5.41) is 22.2. The van der Waals surface area contributed by atoms with Crippen LogP contribution in [0.25, 0.3) is 0 Å². The molecule has 1 fully saturated rings. The van der Waals surface area contributed by atoms with Crippen LogP contribution in [0.15, 0.2) is 54.6 Å². The van der Waals surface area contributed by atoms with Gasteiger partial charge in [-0.05, 0) is 43.1 Å². The van der Waals surface area contributed by atoms with Crippen molar-refractivity contribution in [3.8, 4) is 0 Å². The predicted octanol–water partition coefficient (Wildman–Crippen LogP) is 2.38. The highest BCUT2D eigenvalue weighted by Gasteiger charge is 2.43. The van der Waals surface area contributed by atoms with Gasteiger partial charge in [-0.25, -0.2) is 0 Å². The summed E-state index contributed by atoms with van der Waals surface area (Å²) in [6, 6.07) is 17.4. The van der Waals surface area contributed by atoms with Gasteiger partial charge in [-0.2, -0.15) is 0 Å². The van der Waals surface area contributed by atoms with Crippen molar-refractivity contribution in [2.75, 3.05) is 33.2 Å². The van der Waals surface area contributed by atoms with Gasteiger partial charge in [0.1, 0.15) is 5.60 Å². The fraction of sp³-hybridized carbons (Fsp3) is 0.435. The van der Waals surface area contributed by atoms with Crippen molar-refractivity contribution in [2.45, 2.75) is 31.0 Å². The van der Waals surface area contributed by atoms with E-state index in [1.165, 1.54) is 5.56 Å². The summed E-state index contributed by atoms with van der Waals surface area (Å²) >= 11 is 5.90. The molecule has 1 aliphatic heterocycles. The van der Waals surface area contributed by atoms with Crippen LogP contribution in [0.5, 0.6) is 0 Å². The first-order valence-corrected chi connectivity index (χ1v) is 10.4. The van der Waals surface area contributed by atoms with Gasteiger partial charge in [-0.1, -0.05) is 54.1 Å². The SMILES string of the molecule is CN(CCc1ccccc1)C[C@@]1(O)CN(C(=O)Cc2ccc(Cl)cc2)CC[C@@H]1O. The van der Waals surface area contributed by atoms with E-state index in [-0.39, 0.29) is 18.9 Å². The van der Waals surface area contributed by atoms with Crippen molar-refractivity contribution in [2.24, 2.45) is 0 Å². The number of β-amino-alcohol motifs (C(OH)–C–C–N with tert-alkyl or cyclic N) is 1. The predicted molar refractivity (Wildman–Crippen MR) is 115 cm³/mol. The fourth-order valence-corrected chi connectivity index (χ4v) is 3.96.